The molecule has 1 heterocycles. The van der Waals surface area contributed by atoms with Crippen molar-refractivity contribution in [2.45, 2.75) is 32.3 Å². The molecular formula is C17H37N5O2P2. The molecule has 2 amide bonds. The normalized spacial score (nSPS) is 21.5. The molecule has 1 rings (SSSR count). The predicted molar refractivity (Wildman–Crippen MR) is 114 cm³/mol. The Labute approximate surface area is 162 Å². The van der Waals surface area contributed by atoms with Crippen molar-refractivity contribution in [3.63, 3.8) is 0 Å². The van der Waals surface area contributed by atoms with E-state index in [9.17, 15) is 9.59 Å². The standard InChI is InChI=1S/C17H37N5O2P2/c1-13-14(12-17(2,3)26-25)16(24)22(15(13)23)11-10-21-9-8-20-7-6-19-5-4-18/h13-14,19-21,26H,4-12,18,25H2,1-3H3. The van der Waals surface area contributed by atoms with Crippen LogP contribution >= 0.6 is 17.2 Å². The Morgan fingerprint density at radius 2 is 1.58 bits per heavy atom. The predicted octanol–water partition coefficient (Wildman–Crippen LogP) is -0.0277. The molecule has 1 fully saturated rings. The molecule has 1 aliphatic rings. The lowest BCUT2D eigenvalue weighted by atomic mass is 9.88. The van der Waals surface area contributed by atoms with Crippen LogP contribution in [0.5, 0.6) is 0 Å². The Morgan fingerprint density at radius 1 is 1.04 bits per heavy atom. The second-order valence-corrected chi connectivity index (χ2v) is 10.0. The molecule has 0 spiro atoms. The average molecular weight is 405 g/mol. The molecule has 0 aromatic carbocycles. The first-order chi connectivity index (χ1) is 12.3. The van der Waals surface area contributed by atoms with Gasteiger partial charge in [0.25, 0.3) is 0 Å². The number of amides is 2. The van der Waals surface area contributed by atoms with Gasteiger partial charge in [-0.15, -0.1) is 8.93 Å². The van der Waals surface area contributed by atoms with Crippen LogP contribution in [0.15, 0.2) is 0 Å². The van der Waals surface area contributed by atoms with E-state index in [2.05, 4.69) is 38.7 Å². The second-order valence-electron chi connectivity index (χ2n) is 7.49. The molecule has 0 radical (unpaired) electrons. The minimum atomic E-state index is -0.203. The van der Waals surface area contributed by atoms with E-state index in [1.807, 2.05) is 6.92 Å². The van der Waals surface area contributed by atoms with Gasteiger partial charge in [-0.25, -0.2) is 0 Å². The number of imide groups is 1. The Hall–Kier alpha value is -0.160. The van der Waals surface area contributed by atoms with E-state index in [1.165, 1.54) is 4.90 Å². The van der Waals surface area contributed by atoms with Crippen molar-refractivity contribution in [1.29, 1.82) is 0 Å². The van der Waals surface area contributed by atoms with Crippen LogP contribution in [-0.2, 0) is 9.59 Å². The van der Waals surface area contributed by atoms with Crippen molar-refractivity contribution in [1.82, 2.24) is 20.9 Å². The lowest BCUT2D eigenvalue weighted by Gasteiger charge is -2.26. The summed E-state index contributed by atoms with van der Waals surface area (Å²) in [6.45, 7) is 12.3. The lowest BCUT2D eigenvalue weighted by Crippen LogP contribution is -2.39. The molecule has 0 aromatic rings. The summed E-state index contributed by atoms with van der Waals surface area (Å²) >= 11 is 0. The summed E-state index contributed by atoms with van der Waals surface area (Å²) in [4.78, 5) is 26.5. The highest BCUT2D eigenvalue weighted by atomic mass is 32.0. The smallest absolute Gasteiger partial charge is 0.233 e. The van der Waals surface area contributed by atoms with Crippen LogP contribution in [0.25, 0.3) is 0 Å². The number of nitrogens with zero attached hydrogens (tertiary/aromatic N) is 1. The van der Waals surface area contributed by atoms with Gasteiger partial charge in [-0.3, -0.25) is 14.5 Å². The average Bonchev–Trinajstić information content (AvgIpc) is 2.80. The van der Waals surface area contributed by atoms with Crippen LogP contribution in [0, 0.1) is 11.8 Å². The third kappa shape index (κ3) is 7.84. The van der Waals surface area contributed by atoms with Gasteiger partial charge in [0, 0.05) is 58.3 Å². The maximum Gasteiger partial charge on any atom is 0.233 e. The highest BCUT2D eigenvalue weighted by Gasteiger charge is 2.46. The zero-order valence-electron chi connectivity index (χ0n) is 16.4. The zero-order valence-corrected chi connectivity index (χ0v) is 18.6. The highest BCUT2D eigenvalue weighted by Crippen LogP contribution is 2.45. The van der Waals surface area contributed by atoms with E-state index < -0.39 is 0 Å². The Bertz CT molecular complexity index is 451. The fourth-order valence-electron chi connectivity index (χ4n) is 3.06. The molecule has 1 aliphatic heterocycles. The van der Waals surface area contributed by atoms with Gasteiger partial charge < -0.3 is 21.7 Å². The fraction of sp³-hybridized carbons (Fsp3) is 0.882. The van der Waals surface area contributed by atoms with E-state index in [0.717, 1.165) is 39.1 Å². The first-order valence-corrected chi connectivity index (χ1v) is 12.3. The molecule has 9 heteroatoms. The van der Waals surface area contributed by atoms with Crippen molar-refractivity contribution in [2.75, 3.05) is 52.4 Å². The number of hydrogen-bond acceptors (Lipinski definition) is 6. The van der Waals surface area contributed by atoms with Crippen LogP contribution in [-0.4, -0.2) is 74.2 Å². The topological polar surface area (TPSA) is 99.5 Å². The van der Waals surface area contributed by atoms with Gasteiger partial charge in [-0.05, 0) is 11.6 Å². The SMILES string of the molecule is CC1C(=O)N(CCNCCNCCNCCN)C(=O)C1CC(C)(C)PP. The molecule has 0 aliphatic carbocycles. The van der Waals surface area contributed by atoms with E-state index in [0.29, 0.717) is 27.9 Å². The summed E-state index contributed by atoms with van der Waals surface area (Å²) in [7, 11) is 3.45. The number of nitrogens with one attached hydrogen (secondary N) is 3. The zero-order chi connectivity index (χ0) is 19.6. The maximum absolute atomic E-state index is 12.7. The molecule has 5 N–H and O–H groups in total. The van der Waals surface area contributed by atoms with Crippen LogP contribution < -0.4 is 21.7 Å². The first kappa shape index (κ1) is 23.9. The van der Waals surface area contributed by atoms with Gasteiger partial charge in [0.1, 0.15) is 0 Å². The molecule has 7 nitrogen and oxygen atoms in total. The van der Waals surface area contributed by atoms with Crippen LogP contribution in [0.4, 0.5) is 0 Å². The second kappa shape index (κ2) is 12.3. The molecular weight excluding hydrogens is 368 g/mol. The van der Waals surface area contributed by atoms with Crippen molar-refractivity contribution >= 4 is 29.0 Å². The third-order valence-corrected chi connectivity index (χ3v) is 8.08. The van der Waals surface area contributed by atoms with E-state index >= 15 is 0 Å². The van der Waals surface area contributed by atoms with Gasteiger partial charge >= 0.3 is 0 Å². The summed E-state index contributed by atoms with van der Waals surface area (Å²) < 4.78 is 0. The molecule has 152 valence electrons. The highest BCUT2D eigenvalue weighted by molar-refractivity contribution is 8.03. The third-order valence-electron chi connectivity index (χ3n) is 4.75. The monoisotopic (exact) mass is 405 g/mol. The molecule has 0 aromatic heterocycles. The van der Waals surface area contributed by atoms with Gasteiger partial charge in [-0.1, -0.05) is 29.0 Å². The summed E-state index contributed by atoms with van der Waals surface area (Å²) in [6, 6.07) is 0. The van der Waals surface area contributed by atoms with E-state index in [-0.39, 0.29) is 28.8 Å². The largest absolute Gasteiger partial charge is 0.329 e. The maximum atomic E-state index is 12.7. The summed E-state index contributed by atoms with van der Waals surface area (Å²) in [5.74, 6) is -0.391. The quantitative estimate of drug-likeness (QED) is 0.184. The van der Waals surface area contributed by atoms with Crippen LogP contribution in [0.2, 0.25) is 0 Å². The number of nitrogens with two attached hydrogens (primary N) is 1. The van der Waals surface area contributed by atoms with Crippen LogP contribution in [0.1, 0.15) is 27.2 Å². The lowest BCUT2D eigenvalue weighted by molar-refractivity contribution is -0.139. The van der Waals surface area contributed by atoms with Crippen molar-refractivity contribution in [3.05, 3.63) is 0 Å². The minimum absolute atomic E-state index is 0.00438. The van der Waals surface area contributed by atoms with Gasteiger partial charge in [-0.2, -0.15) is 0 Å². The van der Waals surface area contributed by atoms with Crippen molar-refractivity contribution in [2.24, 2.45) is 17.6 Å². The molecule has 4 unspecified atom stereocenters. The van der Waals surface area contributed by atoms with Crippen molar-refractivity contribution < 1.29 is 9.59 Å². The molecule has 0 bridgehead atoms. The number of hydrogen-bond donors (Lipinski definition) is 4. The summed E-state index contributed by atoms with van der Waals surface area (Å²) in [5, 5.41) is 9.92. The van der Waals surface area contributed by atoms with Crippen molar-refractivity contribution in [3.8, 4) is 0 Å². The number of likely N-dealkylation sites (tertiary alicyclic amines) is 1. The molecule has 26 heavy (non-hydrogen) atoms. The minimum Gasteiger partial charge on any atom is -0.329 e. The number of rotatable bonds is 14. The molecule has 4 atom stereocenters. The summed E-state index contributed by atoms with van der Waals surface area (Å²) in [5.41, 5.74) is 5.40. The van der Waals surface area contributed by atoms with E-state index in [4.69, 9.17) is 5.73 Å². The number of carbonyl (C=O) groups is 2. The molecule has 0 saturated carbocycles. The van der Waals surface area contributed by atoms with E-state index in [1.54, 1.807) is 0 Å². The fourth-order valence-corrected chi connectivity index (χ4v) is 3.75. The first-order valence-electron chi connectivity index (χ1n) is 9.49. The van der Waals surface area contributed by atoms with Gasteiger partial charge in [0.2, 0.25) is 11.8 Å². The van der Waals surface area contributed by atoms with Crippen LogP contribution in [0.3, 0.4) is 0 Å². The van der Waals surface area contributed by atoms with Gasteiger partial charge in [0.15, 0.2) is 0 Å². The Morgan fingerprint density at radius 3 is 2.12 bits per heavy atom. The summed E-state index contributed by atoms with van der Waals surface area (Å²) in [6.07, 6.45) is 0.771. The molecule has 1 saturated heterocycles. The Kier molecular flexibility index (Phi) is 11.3. The Balaban J connectivity index is 2.24. The van der Waals surface area contributed by atoms with Gasteiger partial charge in [0.05, 0.1) is 5.92 Å². The number of carbonyl (C=O) groups excluding carboxylic acids is 2.